The second-order valence-electron chi connectivity index (χ2n) is 13.2. The first kappa shape index (κ1) is 25.5. The number of likely N-dealkylation sites (tertiary alicyclic amines) is 1. The van der Waals surface area contributed by atoms with Crippen LogP contribution in [0.5, 0.6) is 0 Å². The molecule has 1 saturated carbocycles. The van der Waals surface area contributed by atoms with Crippen molar-refractivity contribution in [2.45, 2.75) is 44.3 Å². The Hall–Kier alpha value is -4.02. The molecule has 9 rings (SSSR count). The number of aryl methyl sites for hydroxylation is 2. The Morgan fingerprint density at radius 2 is 1.93 bits per heavy atom. The highest BCUT2D eigenvalue weighted by Crippen LogP contribution is 2.65. The molecule has 5 aromatic rings. The van der Waals surface area contributed by atoms with Gasteiger partial charge in [-0.05, 0) is 55.2 Å². The second-order valence-corrected chi connectivity index (χ2v) is 13.2. The van der Waals surface area contributed by atoms with Crippen molar-refractivity contribution in [1.29, 1.82) is 0 Å². The van der Waals surface area contributed by atoms with Gasteiger partial charge in [-0.1, -0.05) is 6.07 Å². The molecule has 0 radical (unpaired) electrons. The van der Waals surface area contributed by atoms with Crippen LogP contribution >= 0.6 is 0 Å². The Morgan fingerprint density at radius 1 is 1.07 bits per heavy atom. The monoisotopic (exact) mass is 577 g/mol. The number of rotatable bonds is 3. The molecule has 4 aliphatic rings. The SMILES string of the molecule is Cn1cc(-c2[nH]c3ncc4c(c3c2-c2ccc3c(cnn3C)c2)C2(CC3(CCN(C(=O)[C@@H]5CCOC5)CC3)C2)OC4)cn1. The lowest BCUT2D eigenvalue weighted by Crippen LogP contribution is -2.55. The third-order valence-corrected chi connectivity index (χ3v) is 10.6. The third kappa shape index (κ3) is 3.72. The molecule has 10 nitrogen and oxygen atoms in total. The van der Waals surface area contributed by atoms with Gasteiger partial charge in [0.1, 0.15) is 5.65 Å². The summed E-state index contributed by atoms with van der Waals surface area (Å²) in [6, 6.07) is 6.58. The van der Waals surface area contributed by atoms with Gasteiger partial charge in [-0.25, -0.2) is 4.98 Å². The fourth-order valence-electron chi connectivity index (χ4n) is 8.47. The average Bonchev–Trinajstić information content (AvgIpc) is 3.83. The molecule has 7 heterocycles. The Kier molecular flexibility index (Phi) is 5.33. The number of aromatic nitrogens is 6. The number of hydrogen-bond donors (Lipinski definition) is 1. The van der Waals surface area contributed by atoms with Gasteiger partial charge < -0.3 is 19.4 Å². The fraction of sp³-hybridized carbons (Fsp3) is 0.455. The maximum Gasteiger partial charge on any atom is 0.228 e. The normalized spacial score (nSPS) is 22.2. The summed E-state index contributed by atoms with van der Waals surface area (Å²) >= 11 is 0. The minimum atomic E-state index is -0.330. The summed E-state index contributed by atoms with van der Waals surface area (Å²) in [6.45, 7) is 3.52. The number of hydrogen-bond acceptors (Lipinski definition) is 6. The summed E-state index contributed by atoms with van der Waals surface area (Å²) in [5.41, 5.74) is 8.63. The summed E-state index contributed by atoms with van der Waals surface area (Å²) < 4.78 is 16.0. The number of nitrogens with one attached hydrogen (secondary N) is 1. The smallest absolute Gasteiger partial charge is 0.228 e. The van der Waals surface area contributed by atoms with Crippen molar-refractivity contribution in [1.82, 2.24) is 34.4 Å². The van der Waals surface area contributed by atoms with Gasteiger partial charge in [-0.2, -0.15) is 10.2 Å². The summed E-state index contributed by atoms with van der Waals surface area (Å²) in [4.78, 5) is 23.7. The minimum Gasteiger partial charge on any atom is -0.381 e. The van der Waals surface area contributed by atoms with Gasteiger partial charge in [-0.3, -0.25) is 14.2 Å². The zero-order valence-corrected chi connectivity index (χ0v) is 24.6. The van der Waals surface area contributed by atoms with Crippen LogP contribution in [0.15, 0.2) is 43.0 Å². The van der Waals surface area contributed by atoms with Crippen molar-refractivity contribution in [3.05, 3.63) is 54.1 Å². The van der Waals surface area contributed by atoms with Gasteiger partial charge in [0.25, 0.3) is 0 Å². The highest BCUT2D eigenvalue weighted by Gasteiger charge is 2.60. The summed E-state index contributed by atoms with van der Waals surface area (Å²) in [7, 11) is 3.92. The zero-order valence-electron chi connectivity index (χ0n) is 24.6. The van der Waals surface area contributed by atoms with Crippen LogP contribution in [0.4, 0.5) is 0 Å². The van der Waals surface area contributed by atoms with E-state index in [4.69, 9.17) is 14.5 Å². The number of carbonyl (C=O) groups is 1. The molecular weight excluding hydrogens is 542 g/mol. The van der Waals surface area contributed by atoms with Gasteiger partial charge in [0, 0.05) is 79.2 Å². The van der Waals surface area contributed by atoms with Crippen molar-refractivity contribution < 1.29 is 14.3 Å². The molecule has 3 aliphatic heterocycles. The standard InChI is InChI=1S/C33H35N7O3/c1-38-15-23(14-35-38)29-26(20-3-4-25-22(11-20)13-36-39(25)2)27-28-24(12-34-30(27)37-29)17-43-33(28)18-32(19-33)6-8-40(9-7-32)31(41)21-5-10-42-16-21/h3-4,11-15,21H,5-10,16-19H2,1-2H3,(H,34,37)/t21-/m1/s1. The number of ether oxygens (including phenoxy) is 2. The van der Waals surface area contributed by atoms with E-state index in [2.05, 4.69) is 44.5 Å². The van der Waals surface area contributed by atoms with E-state index in [0.29, 0.717) is 19.8 Å². The molecule has 1 aromatic carbocycles. The molecule has 1 amide bonds. The maximum absolute atomic E-state index is 13.1. The minimum absolute atomic E-state index is 0.0412. The Balaban J connectivity index is 1.12. The molecule has 2 saturated heterocycles. The first-order valence-electron chi connectivity index (χ1n) is 15.4. The third-order valence-electron chi connectivity index (χ3n) is 10.6. The van der Waals surface area contributed by atoms with Gasteiger partial charge in [0.15, 0.2) is 0 Å². The average molecular weight is 578 g/mol. The van der Waals surface area contributed by atoms with E-state index >= 15 is 0 Å². The van der Waals surface area contributed by atoms with Crippen LogP contribution in [-0.2, 0) is 40.6 Å². The Morgan fingerprint density at radius 3 is 2.70 bits per heavy atom. The van der Waals surface area contributed by atoms with Crippen LogP contribution in [0.25, 0.3) is 44.3 Å². The van der Waals surface area contributed by atoms with Crippen LogP contribution < -0.4 is 0 Å². The number of aromatic amines is 1. The van der Waals surface area contributed by atoms with Crippen LogP contribution in [-0.4, -0.2) is 66.6 Å². The molecule has 1 N–H and O–H groups in total. The lowest BCUT2D eigenvalue weighted by molar-refractivity contribution is -0.184. The second kappa shape index (κ2) is 9.00. The molecule has 43 heavy (non-hydrogen) atoms. The molecule has 10 heteroatoms. The van der Waals surface area contributed by atoms with E-state index in [-0.39, 0.29) is 22.8 Å². The van der Waals surface area contributed by atoms with Crippen molar-refractivity contribution in [2.75, 3.05) is 26.3 Å². The number of benzene rings is 1. The van der Waals surface area contributed by atoms with Crippen molar-refractivity contribution >= 4 is 27.8 Å². The molecule has 0 bridgehead atoms. The highest BCUT2D eigenvalue weighted by atomic mass is 16.5. The lowest BCUT2D eigenvalue weighted by atomic mass is 9.53. The number of piperidine rings is 1. The largest absolute Gasteiger partial charge is 0.381 e. The maximum atomic E-state index is 13.1. The molecule has 1 atom stereocenters. The first-order chi connectivity index (χ1) is 20.9. The number of carbonyl (C=O) groups excluding carboxylic acids is 1. The van der Waals surface area contributed by atoms with E-state index in [1.807, 2.05) is 42.0 Å². The van der Waals surface area contributed by atoms with Gasteiger partial charge >= 0.3 is 0 Å². The number of H-pyrrole nitrogens is 1. The zero-order chi connectivity index (χ0) is 28.9. The molecular formula is C33H35N7O3. The number of amides is 1. The van der Waals surface area contributed by atoms with Gasteiger partial charge in [0.05, 0.1) is 48.3 Å². The Labute approximate surface area is 249 Å². The predicted octanol–water partition coefficient (Wildman–Crippen LogP) is 4.68. The van der Waals surface area contributed by atoms with Crippen molar-refractivity contribution in [3.63, 3.8) is 0 Å². The van der Waals surface area contributed by atoms with Crippen LogP contribution in [0.1, 0.15) is 43.2 Å². The number of nitrogens with zero attached hydrogens (tertiary/aromatic N) is 6. The van der Waals surface area contributed by atoms with E-state index in [9.17, 15) is 4.79 Å². The highest BCUT2D eigenvalue weighted by molar-refractivity contribution is 6.06. The molecule has 3 fully saturated rings. The van der Waals surface area contributed by atoms with Gasteiger partial charge in [0.2, 0.25) is 5.91 Å². The molecule has 4 aromatic heterocycles. The molecule has 2 spiro atoms. The van der Waals surface area contributed by atoms with Crippen LogP contribution in [0, 0.1) is 11.3 Å². The van der Waals surface area contributed by atoms with E-state index in [0.717, 1.165) is 89.5 Å². The Bertz CT molecular complexity index is 1910. The van der Waals surface area contributed by atoms with Gasteiger partial charge in [-0.15, -0.1) is 0 Å². The summed E-state index contributed by atoms with van der Waals surface area (Å²) in [5, 5.41) is 11.2. The van der Waals surface area contributed by atoms with E-state index < -0.39 is 0 Å². The van der Waals surface area contributed by atoms with E-state index in [1.54, 1.807) is 0 Å². The fourth-order valence-corrected chi connectivity index (χ4v) is 8.47. The predicted molar refractivity (Wildman–Crippen MR) is 161 cm³/mol. The van der Waals surface area contributed by atoms with E-state index in [1.165, 1.54) is 11.1 Å². The summed E-state index contributed by atoms with van der Waals surface area (Å²) in [5.74, 6) is 0.321. The van der Waals surface area contributed by atoms with Crippen molar-refractivity contribution in [3.8, 4) is 22.4 Å². The lowest BCUT2D eigenvalue weighted by Gasteiger charge is -2.57. The first-order valence-corrected chi connectivity index (χ1v) is 15.4. The summed E-state index contributed by atoms with van der Waals surface area (Å²) in [6.07, 6.45) is 12.8. The molecule has 1 aliphatic carbocycles. The van der Waals surface area contributed by atoms with Crippen LogP contribution in [0.3, 0.4) is 0 Å². The molecule has 220 valence electrons. The molecule has 0 unspecified atom stereocenters. The van der Waals surface area contributed by atoms with Crippen LogP contribution in [0.2, 0.25) is 0 Å². The quantitative estimate of drug-likeness (QED) is 0.334. The number of fused-ring (bicyclic) bond motifs is 5. The number of pyridine rings is 1. The van der Waals surface area contributed by atoms with Crippen molar-refractivity contribution in [2.24, 2.45) is 25.4 Å². The topological polar surface area (TPSA) is 103 Å².